The average Bonchev–Trinajstić information content (AvgIpc) is 2.25. The van der Waals surface area contributed by atoms with E-state index in [4.69, 9.17) is 5.73 Å². The van der Waals surface area contributed by atoms with E-state index >= 15 is 0 Å². The van der Waals surface area contributed by atoms with Crippen LogP contribution in [0.15, 0.2) is 18.3 Å². The highest BCUT2D eigenvalue weighted by atomic mass is 16.2. The number of amides is 1. The van der Waals surface area contributed by atoms with Crippen LogP contribution in [0.1, 0.15) is 37.7 Å². The van der Waals surface area contributed by atoms with Crippen molar-refractivity contribution >= 4 is 11.6 Å². The van der Waals surface area contributed by atoms with Crippen LogP contribution in [0.25, 0.3) is 0 Å². The van der Waals surface area contributed by atoms with Gasteiger partial charge in [-0.1, -0.05) is 20.8 Å². The molecule has 1 aromatic rings. The monoisotopic (exact) mass is 221 g/mol. The van der Waals surface area contributed by atoms with Crippen molar-refractivity contribution in [2.24, 2.45) is 5.92 Å². The van der Waals surface area contributed by atoms with E-state index in [1.807, 2.05) is 6.92 Å². The number of hydrogen-bond donors (Lipinski definition) is 2. The van der Waals surface area contributed by atoms with Gasteiger partial charge in [0.1, 0.15) is 0 Å². The van der Waals surface area contributed by atoms with Crippen LogP contribution in [0.2, 0.25) is 0 Å². The lowest BCUT2D eigenvalue weighted by Gasteiger charge is -2.20. The summed E-state index contributed by atoms with van der Waals surface area (Å²) in [6, 6.07) is 3.55. The Hall–Kier alpha value is -1.58. The molecule has 0 saturated carbocycles. The van der Waals surface area contributed by atoms with E-state index in [0.29, 0.717) is 17.3 Å². The van der Waals surface area contributed by atoms with Crippen LogP contribution < -0.4 is 11.1 Å². The van der Waals surface area contributed by atoms with Crippen molar-refractivity contribution in [3.63, 3.8) is 0 Å². The third-order valence-electron chi connectivity index (χ3n) is 2.62. The zero-order chi connectivity index (χ0) is 12.1. The molecular weight excluding hydrogens is 202 g/mol. The van der Waals surface area contributed by atoms with Crippen molar-refractivity contribution in [3.8, 4) is 0 Å². The van der Waals surface area contributed by atoms with Crippen LogP contribution >= 0.6 is 0 Å². The number of anilines is 1. The van der Waals surface area contributed by atoms with Crippen molar-refractivity contribution in [2.75, 3.05) is 5.73 Å². The van der Waals surface area contributed by atoms with Crippen LogP contribution in [0.5, 0.6) is 0 Å². The maximum absolute atomic E-state index is 11.9. The quantitative estimate of drug-likeness (QED) is 0.815. The van der Waals surface area contributed by atoms with Crippen LogP contribution in [-0.2, 0) is 0 Å². The molecule has 0 radical (unpaired) electrons. The number of carbonyl (C=O) groups excluding carboxylic acids is 1. The van der Waals surface area contributed by atoms with Gasteiger partial charge in [0.15, 0.2) is 5.69 Å². The Morgan fingerprint density at radius 2 is 2.25 bits per heavy atom. The van der Waals surface area contributed by atoms with E-state index < -0.39 is 0 Å². The number of nitrogen functional groups attached to an aromatic ring is 1. The maximum atomic E-state index is 11.9. The molecule has 16 heavy (non-hydrogen) atoms. The maximum Gasteiger partial charge on any atom is 0.272 e. The first kappa shape index (κ1) is 12.5. The summed E-state index contributed by atoms with van der Waals surface area (Å²) in [7, 11) is 0. The summed E-state index contributed by atoms with van der Waals surface area (Å²) in [5.74, 6) is 0.206. The molecule has 3 N–H and O–H groups in total. The van der Waals surface area contributed by atoms with Gasteiger partial charge in [-0.05, 0) is 24.5 Å². The minimum atomic E-state index is -0.196. The van der Waals surface area contributed by atoms with Crippen molar-refractivity contribution in [3.05, 3.63) is 24.0 Å². The topological polar surface area (TPSA) is 68.0 Å². The second-order valence-corrected chi connectivity index (χ2v) is 4.17. The molecule has 4 nitrogen and oxygen atoms in total. The molecule has 0 aromatic carbocycles. The molecule has 0 aliphatic rings. The summed E-state index contributed by atoms with van der Waals surface area (Å²) in [6.45, 7) is 6.21. The Bertz CT molecular complexity index is 363. The predicted octanol–water partition coefficient (Wildman–Crippen LogP) is 1.83. The summed E-state index contributed by atoms with van der Waals surface area (Å²) < 4.78 is 0. The molecule has 1 unspecified atom stereocenters. The molecule has 1 amide bonds. The van der Waals surface area contributed by atoms with Gasteiger partial charge >= 0.3 is 0 Å². The van der Waals surface area contributed by atoms with Crippen LogP contribution in [0.3, 0.4) is 0 Å². The van der Waals surface area contributed by atoms with Crippen LogP contribution in [0, 0.1) is 5.92 Å². The Morgan fingerprint density at radius 3 is 2.75 bits per heavy atom. The Kier molecular flexibility index (Phi) is 4.28. The fraction of sp³-hybridized carbons (Fsp3) is 0.500. The molecule has 0 spiro atoms. The molecule has 0 fully saturated rings. The first-order valence-electron chi connectivity index (χ1n) is 5.57. The first-order chi connectivity index (χ1) is 7.56. The standard InChI is InChI=1S/C12H19N3O/c1-4-10(8(2)3)15-12(16)11-9(13)6-5-7-14-11/h5-8,10H,4,13H2,1-3H3,(H,15,16). The Morgan fingerprint density at radius 1 is 1.56 bits per heavy atom. The number of nitrogens with one attached hydrogen (secondary N) is 1. The fourth-order valence-corrected chi connectivity index (χ4v) is 1.58. The normalized spacial score (nSPS) is 12.5. The van der Waals surface area contributed by atoms with Gasteiger partial charge in [0.25, 0.3) is 5.91 Å². The van der Waals surface area contributed by atoms with Gasteiger partial charge in [0.2, 0.25) is 0 Å². The molecule has 0 bridgehead atoms. The van der Waals surface area contributed by atoms with Crippen molar-refractivity contribution in [2.45, 2.75) is 33.2 Å². The number of pyridine rings is 1. The second kappa shape index (κ2) is 5.49. The molecule has 0 aliphatic heterocycles. The van der Waals surface area contributed by atoms with Crippen LogP contribution in [-0.4, -0.2) is 16.9 Å². The van der Waals surface area contributed by atoms with Gasteiger partial charge in [0, 0.05) is 12.2 Å². The smallest absolute Gasteiger partial charge is 0.272 e. The molecule has 88 valence electrons. The lowest BCUT2D eigenvalue weighted by Crippen LogP contribution is -2.38. The summed E-state index contributed by atoms with van der Waals surface area (Å²) in [5.41, 5.74) is 6.41. The number of hydrogen-bond acceptors (Lipinski definition) is 3. The molecule has 4 heteroatoms. The van der Waals surface area contributed by atoms with E-state index in [1.54, 1.807) is 18.3 Å². The zero-order valence-corrected chi connectivity index (χ0v) is 10.0. The summed E-state index contributed by atoms with van der Waals surface area (Å²) in [4.78, 5) is 15.9. The highest BCUT2D eigenvalue weighted by molar-refractivity contribution is 5.97. The SMILES string of the molecule is CCC(NC(=O)c1ncccc1N)C(C)C. The van der Waals surface area contributed by atoms with E-state index in [-0.39, 0.29) is 11.9 Å². The number of aromatic nitrogens is 1. The molecule has 1 atom stereocenters. The van der Waals surface area contributed by atoms with E-state index in [2.05, 4.69) is 24.1 Å². The van der Waals surface area contributed by atoms with Gasteiger partial charge in [-0.15, -0.1) is 0 Å². The molecule has 1 aromatic heterocycles. The summed E-state index contributed by atoms with van der Waals surface area (Å²) in [5, 5.41) is 2.94. The van der Waals surface area contributed by atoms with Gasteiger partial charge in [0.05, 0.1) is 5.69 Å². The second-order valence-electron chi connectivity index (χ2n) is 4.17. The highest BCUT2D eigenvalue weighted by Gasteiger charge is 2.17. The average molecular weight is 221 g/mol. The number of nitrogens with two attached hydrogens (primary N) is 1. The summed E-state index contributed by atoms with van der Waals surface area (Å²) in [6.07, 6.45) is 2.47. The zero-order valence-electron chi connectivity index (χ0n) is 10.0. The van der Waals surface area contributed by atoms with E-state index in [0.717, 1.165) is 6.42 Å². The fourth-order valence-electron chi connectivity index (χ4n) is 1.58. The predicted molar refractivity (Wildman–Crippen MR) is 65.0 cm³/mol. The van der Waals surface area contributed by atoms with E-state index in [9.17, 15) is 4.79 Å². The van der Waals surface area contributed by atoms with Gasteiger partial charge in [-0.2, -0.15) is 0 Å². The van der Waals surface area contributed by atoms with Crippen molar-refractivity contribution in [1.29, 1.82) is 0 Å². The minimum absolute atomic E-state index is 0.161. The first-order valence-corrected chi connectivity index (χ1v) is 5.57. The van der Waals surface area contributed by atoms with E-state index in [1.165, 1.54) is 0 Å². The number of nitrogens with zero attached hydrogens (tertiary/aromatic N) is 1. The molecule has 1 rings (SSSR count). The number of rotatable bonds is 4. The number of carbonyl (C=O) groups is 1. The van der Waals surface area contributed by atoms with Gasteiger partial charge < -0.3 is 11.1 Å². The lowest BCUT2D eigenvalue weighted by atomic mass is 10.0. The molecule has 0 aliphatic carbocycles. The third-order valence-corrected chi connectivity index (χ3v) is 2.62. The Labute approximate surface area is 96.3 Å². The van der Waals surface area contributed by atoms with Gasteiger partial charge in [-0.25, -0.2) is 4.98 Å². The van der Waals surface area contributed by atoms with Crippen LogP contribution in [0.4, 0.5) is 5.69 Å². The lowest BCUT2D eigenvalue weighted by molar-refractivity contribution is 0.0920. The molecule has 1 heterocycles. The molecular formula is C12H19N3O. The van der Waals surface area contributed by atoms with Crippen molar-refractivity contribution in [1.82, 2.24) is 10.3 Å². The highest BCUT2D eigenvalue weighted by Crippen LogP contribution is 2.10. The Balaban J connectivity index is 2.76. The van der Waals surface area contributed by atoms with Crippen molar-refractivity contribution < 1.29 is 4.79 Å². The largest absolute Gasteiger partial charge is 0.397 e. The summed E-state index contributed by atoms with van der Waals surface area (Å²) >= 11 is 0. The third kappa shape index (κ3) is 2.95. The minimum Gasteiger partial charge on any atom is -0.397 e. The van der Waals surface area contributed by atoms with Gasteiger partial charge in [-0.3, -0.25) is 4.79 Å². The molecule has 0 saturated heterocycles.